The Morgan fingerprint density at radius 1 is 1.56 bits per heavy atom. The summed E-state index contributed by atoms with van der Waals surface area (Å²) >= 11 is 0. The lowest BCUT2D eigenvalue weighted by Gasteiger charge is -2.28. The van der Waals surface area contributed by atoms with Crippen molar-refractivity contribution in [2.45, 2.75) is 32.2 Å². The molecule has 0 spiro atoms. The molecule has 0 heterocycles. The highest BCUT2D eigenvalue weighted by molar-refractivity contribution is 4.98. The molecule has 1 aliphatic carbocycles. The Hall–Kier alpha value is -0.0800. The quantitative estimate of drug-likeness (QED) is 0.501. The summed E-state index contributed by atoms with van der Waals surface area (Å²) in [5.41, 5.74) is 11.3. The maximum absolute atomic E-state index is 5.71. The van der Waals surface area contributed by atoms with Gasteiger partial charge < -0.3 is 11.5 Å². The first-order chi connectivity index (χ1) is 4.20. The molecule has 0 aromatic heterocycles. The number of nitrogens with two attached hydrogens (primary N) is 2. The molecule has 2 unspecified atom stereocenters. The Labute approximate surface area is 56.6 Å². The molecule has 9 heavy (non-hydrogen) atoms. The van der Waals surface area contributed by atoms with Crippen molar-refractivity contribution >= 4 is 0 Å². The molecule has 2 heteroatoms. The van der Waals surface area contributed by atoms with E-state index in [0.29, 0.717) is 0 Å². The van der Waals surface area contributed by atoms with E-state index in [9.17, 15) is 0 Å². The van der Waals surface area contributed by atoms with Crippen molar-refractivity contribution in [2.24, 2.45) is 17.4 Å². The maximum Gasteiger partial charge on any atom is 0.0505 e. The molecule has 1 aliphatic rings. The Morgan fingerprint density at radius 3 is 2.67 bits per heavy atom. The second-order valence-electron chi connectivity index (χ2n) is 3.06. The van der Waals surface area contributed by atoms with E-state index in [4.69, 9.17) is 11.5 Å². The van der Waals surface area contributed by atoms with Crippen LogP contribution in [0.4, 0.5) is 0 Å². The molecular formula is C7H15N2. The van der Waals surface area contributed by atoms with Crippen LogP contribution in [-0.2, 0) is 0 Å². The molecule has 2 atom stereocenters. The predicted octanol–water partition coefficient (Wildman–Crippen LogP) is 0.624. The highest BCUT2D eigenvalue weighted by Gasteiger charge is 2.22. The van der Waals surface area contributed by atoms with Gasteiger partial charge in [-0.15, -0.1) is 0 Å². The van der Waals surface area contributed by atoms with Gasteiger partial charge in [0.15, 0.2) is 0 Å². The normalized spacial score (nSPS) is 39.0. The predicted molar refractivity (Wildman–Crippen MR) is 38.4 cm³/mol. The molecule has 0 aliphatic heterocycles. The first-order valence-corrected chi connectivity index (χ1v) is 3.57. The van der Waals surface area contributed by atoms with Gasteiger partial charge in [0.1, 0.15) is 0 Å². The summed E-state index contributed by atoms with van der Waals surface area (Å²) in [6, 6.07) is 1.17. The van der Waals surface area contributed by atoms with Crippen LogP contribution in [-0.4, -0.2) is 6.04 Å². The second kappa shape index (κ2) is 2.67. The first kappa shape index (κ1) is 7.03. The molecule has 2 nitrogen and oxygen atoms in total. The van der Waals surface area contributed by atoms with Crippen LogP contribution in [0.3, 0.4) is 0 Å². The zero-order chi connectivity index (χ0) is 6.85. The lowest BCUT2D eigenvalue weighted by molar-refractivity contribution is 0.366. The summed E-state index contributed by atoms with van der Waals surface area (Å²) in [7, 11) is 0. The Balaban J connectivity index is 2.35. The van der Waals surface area contributed by atoms with E-state index in [0.717, 1.165) is 24.8 Å². The number of hydrogen-bond donors (Lipinski definition) is 2. The van der Waals surface area contributed by atoms with E-state index in [1.54, 1.807) is 0 Å². The van der Waals surface area contributed by atoms with Gasteiger partial charge in [-0.1, -0.05) is 6.92 Å². The molecule has 1 rings (SSSR count). The van der Waals surface area contributed by atoms with Gasteiger partial charge in [0.05, 0.1) is 6.04 Å². The molecular weight excluding hydrogens is 112 g/mol. The fourth-order valence-electron chi connectivity index (χ4n) is 1.30. The molecule has 0 amide bonds. The third-order valence-electron chi connectivity index (χ3n) is 2.06. The molecule has 4 N–H and O–H groups in total. The number of hydrogen-bond acceptors (Lipinski definition) is 2. The van der Waals surface area contributed by atoms with Gasteiger partial charge in [-0.05, 0) is 25.2 Å². The Bertz CT molecular complexity index is 92.9. The largest absolute Gasteiger partial charge is 0.326 e. The molecule has 0 aromatic carbocycles. The highest BCUT2D eigenvalue weighted by Crippen LogP contribution is 2.25. The van der Waals surface area contributed by atoms with E-state index in [-0.39, 0.29) is 6.04 Å². The minimum atomic E-state index is 0.175. The van der Waals surface area contributed by atoms with E-state index in [1.165, 1.54) is 6.42 Å². The van der Waals surface area contributed by atoms with Gasteiger partial charge in [-0.25, -0.2) is 0 Å². The Kier molecular flexibility index (Phi) is 2.09. The SMILES string of the molecule is CC1CC[C](N)C(N)C1. The van der Waals surface area contributed by atoms with Crippen LogP contribution in [0.5, 0.6) is 0 Å². The van der Waals surface area contributed by atoms with Crippen molar-refractivity contribution in [2.75, 3.05) is 0 Å². The van der Waals surface area contributed by atoms with Gasteiger partial charge in [0.2, 0.25) is 0 Å². The van der Waals surface area contributed by atoms with Crippen molar-refractivity contribution in [3.63, 3.8) is 0 Å². The summed E-state index contributed by atoms with van der Waals surface area (Å²) in [4.78, 5) is 0. The van der Waals surface area contributed by atoms with E-state index in [2.05, 4.69) is 6.92 Å². The van der Waals surface area contributed by atoms with E-state index in [1.807, 2.05) is 0 Å². The van der Waals surface area contributed by atoms with Crippen LogP contribution in [0.2, 0.25) is 0 Å². The first-order valence-electron chi connectivity index (χ1n) is 3.57. The summed E-state index contributed by atoms with van der Waals surface area (Å²) in [6.07, 6.45) is 3.33. The maximum atomic E-state index is 5.71. The van der Waals surface area contributed by atoms with Gasteiger partial charge in [0, 0.05) is 6.04 Å². The molecule has 1 saturated carbocycles. The van der Waals surface area contributed by atoms with Crippen LogP contribution in [0.25, 0.3) is 0 Å². The van der Waals surface area contributed by atoms with Crippen molar-refractivity contribution < 1.29 is 0 Å². The molecule has 0 saturated heterocycles. The standard InChI is InChI=1S/C7H15N2/c1-5-2-3-6(8)7(9)4-5/h5,7H,2-4,8-9H2,1H3. The van der Waals surface area contributed by atoms with Gasteiger partial charge in [-0.3, -0.25) is 0 Å². The fourth-order valence-corrected chi connectivity index (χ4v) is 1.30. The average molecular weight is 127 g/mol. The summed E-state index contributed by atoms with van der Waals surface area (Å²) in [5.74, 6) is 0.771. The molecule has 0 bridgehead atoms. The topological polar surface area (TPSA) is 52.0 Å². The summed E-state index contributed by atoms with van der Waals surface area (Å²) in [6.45, 7) is 2.23. The molecule has 0 aromatic rings. The van der Waals surface area contributed by atoms with Gasteiger partial charge >= 0.3 is 0 Å². The van der Waals surface area contributed by atoms with Gasteiger partial charge in [-0.2, -0.15) is 0 Å². The lowest BCUT2D eigenvalue weighted by Crippen LogP contribution is -2.39. The van der Waals surface area contributed by atoms with Crippen LogP contribution in [0, 0.1) is 12.0 Å². The molecule has 1 fully saturated rings. The summed E-state index contributed by atoms with van der Waals surface area (Å²) < 4.78 is 0. The lowest BCUT2D eigenvalue weighted by atomic mass is 9.84. The second-order valence-corrected chi connectivity index (χ2v) is 3.06. The van der Waals surface area contributed by atoms with Crippen molar-refractivity contribution in [3.05, 3.63) is 6.04 Å². The average Bonchev–Trinajstić information content (AvgIpc) is 1.80. The van der Waals surface area contributed by atoms with Crippen LogP contribution >= 0.6 is 0 Å². The Morgan fingerprint density at radius 2 is 2.22 bits per heavy atom. The minimum absolute atomic E-state index is 0.175. The monoisotopic (exact) mass is 127 g/mol. The molecule has 1 radical (unpaired) electrons. The van der Waals surface area contributed by atoms with Crippen molar-refractivity contribution in [3.8, 4) is 0 Å². The zero-order valence-electron chi connectivity index (χ0n) is 5.93. The molecule has 53 valence electrons. The third-order valence-corrected chi connectivity index (χ3v) is 2.06. The zero-order valence-corrected chi connectivity index (χ0v) is 5.93. The summed E-state index contributed by atoms with van der Waals surface area (Å²) in [5, 5.41) is 0. The highest BCUT2D eigenvalue weighted by atomic mass is 14.8. The smallest absolute Gasteiger partial charge is 0.0505 e. The third kappa shape index (κ3) is 1.66. The van der Waals surface area contributed by atoms with E-state index >= 15 is 0 Å². The van der Waals surface area contributed by atoms with E-state index < -0.39 is 0 Å². The van der Waals surface area contributed by atoms with Crippen LogP contribution < -0.4 is 11.5 Å². The number of rotatable bonds is 0. The fraction of sp³-hybridized carbons (Fsp3) is 0.857. The van der Waals surface area contributed by atoms with Crippen LogP contribution in [0.15, 0.2) is 0 Å². The van der Waals surface area contributed by atoms with Gasteiger partial charge in [0.25, 0.3) is 0 Å². The van der Waals surface area contributed by atoms with Crippen molar-refractivity contribution in [1.29, 1.82) is 0 Å². The van der Waals surface area contributed by atoms with Crippen LogP contribution in [0.1, 0.15) is 26.2 Å². The van der Waals surface area contributed by atoms with Crippen molar-refractivity contribution in [1.82, 2.24) is 0 Å². The minimum Gasteiger partial charge on any atom is -0.326 e.